The summed E-state index contributed by atoms with van der Waals surface area (Å²) in [6, 6.07) is 8.27. The van der Waals surface area contributed by atoms with E-state index in [1.165, 1.54) is 0 Å². The monoisotopic (exact) mass is 307 g/mol. The molecule has 0 atom stereocenters. The van der Waals surface area contributed by atoms with Crippen LogP contribution in [0.5, 0.6) is 0 Å². The van der Waals surface area contributed by atoms with Crippen LogP contribution in [0.25, 0.3) is 0 Å². The van der Waals surface area contributed by atoms with Crippen LogP contribution in [0.3, 0.4) is 0 Å². The van der Waals surface area contributed by atoms with Gasteiger partial charge in [0.1, 0.15) is 11.6 Å². The minimum Gasteiger partial charge on any atom is -0.462 e. The van der Waals surface area contributed by atoms with Crippen LogP contribution < -0.4 is 0 Å². The Labute approximate surface area is 113 Å². The van der Waals surface area contributed by atoms with Crippen LogP contribution in [-0.2, 0) is 9.53 Å². The zero-order chi connectivity index (χ0) is 13.5. The van der Waals surface area contributed by atoms with Gasteiger partial charge >= 0.3 is 5.97 Å². The quantitative estimate of drug-likeness (QED) is 0.371. The smallest absolute Gasteiger partial charge is 0.349 e. The Bertz CT molecular complexity index is 526. The zero-order valence-electron chi connectivity index (χ0n) is 9.64. The lowest BCUT2D eigenvalue weighted by atomic mass is 10.1. The number of nitriles is 1. The Morgan fingerprint density at radius 2 is 2.00 bits per heavy atom. The van der Waals surface area contributed by atoms with Gasteiger partial charge in [0.25, 0.3) is 0 Å². The van der Waals surface area contributed by atoms with Gasteiger partial charge in [-0.05, 0) is 31.2 Å². The van der Waals surface area contributed by atoms with Crippen molar-refractivity contribution >= 4 is 27.7 Å². The van der Waals surface area contributed by atoms with Gasteiger partial charge < -0.3 is 4.74 Å². The molecule has 0 fully saturated rings. The number of esters is 1. The average Bonchev–Trinajstić information content (AvgIpc) is 2.36. The Morgan fingerprint density at radius 1 is 1.39 bits per heavy atom. The van der Waals surface area contributed by atoms with E-state index in [0.29, 0.717) is 5.56 Å². The van der Waals surface area contributed by atoms with E-state index >= 15 is 0 Å². The maximum Gasteiger partial charge on any atom is 0.349 e. The summed E-state index contributed by atoms with van der Waals surface area (Å²) in [6.45, 7) is 1.79. The van der Waals surface area contributed by atoms with Crippen molar-refractivity contribution in [3.05, 3.63) is 46.0 Å². The molecule has 0 N–H and O–H groups in total. The van der Waals surface area contributed by atoms with Crippen LogP contribution in [0.4, 0.5) is 0 Å². The first-order chi connectivity index (χ1) is 8.58. The highest BCUT2D eigenvalue weighted by Gasteiger charge is 2.12. The van der Waals surface area contributed by atoms with Crippen molar-refractivity contribution in [3.8, 4) is 6.07 Å². The summed E-state index contributed by atoms with van der Waals surface area (Å²) < 4.78 is 5.50. The Balaban J connectivity index is 2.93. The lowest BCUT2D eigenvalue weighted by Crippen LogP contribution is -2.08. The molecule has 1 rings (SSSR count). The van der Waals surface area contributed by atoms with Crippen molar-refractivity contribution in [2.75, 3.05) is 6.61 Å². The molecular formula is C13H10BrNO3. The molecule has 0 amide bonds. The topological polar surface area (TPSA) is 67.2 Å². The number of benzene rings is 1. The summed E-state index contributed by atoms with van der Waals surface area (Å²) in [5.41, 5.74) is 0.0972. The van der Waals surface area contributed by atoms with Gasteiger partial charge in [-0.15, -0.1) is 0 Å². The van der Waals surface area contributed by atoms with Gasteiger partial charge in [0.15, 0.2) is 5.78 Å². The molecule has 0 saturated heterocycles. The van der Waals surface area contributed by atoms with Crippen LogP contribution in [0, 0.1) is 11.3 Å². The predicted molar refractivity (Wildman–Crippen MR) is 68.8 cm³/mol. The van der Waals surface area contributed by atoms with Gasteiger partial charge in [0.05, 0.1) is 6.61 Å². The van der Waals surface area contributed by atoms with E-state index in [-0.39, 0.29) is 12.2 Å². The molecule has 0 spiro atoms. The molecule has 0 aliphatic carbocycles. The van der Waals surface area contributed by atoms with E-state index in [1.807, 2.05) is 0 Å². The lowest BCUT2D eigenvalue weighted by Gasteiger charge is -1.99. The average molecular weight is 308 g/mol. The lowest BCUT2D eigenvalue weighted by molar-refractivity contribution is -0.138. The molecule has 0 radical (unpaired) electrons. The second-order valence-corrected chi connectivity index (χ2v) is 4.18. The maximum absolute atomic E-state index is 11.8. The molecule has 18 heavy (non-hydrogen) atoms. The van der Waals surface area contributed by atoms with E-state index in [1.54, 1.807) is 37.3 Å². The number of carbonyl (C=O) groups excluding carboxylic acids is 2. The Kier molecular flexibility index (Phi) is 5.28. The van der Waals surface area contributed by atoms with Gasteiger partial charge in [0, 0.05) is 16.1 Å². The first kappa shape index (κ1) is 14.1. The summed E-state index contributed by atoms with van der Waals surface area (Å²) in [4.78, 5) is 23.1. The summed E-state index contributed by atoms with van der Waals surface area (Å²) in [5, 5.41) is 8.78. The fourth-order valence-electron chi connectivity index (χ4n) is 1.17. The molecule has 0 heterocycles. The number of hydrogen-bond acceptors (Lipinski definition) is 4. The zero-order valence-corrected chi connectivity index (χ0v) is 11.2. The van der Waals surface area contributed by atoms with Crippen LogP contribution >= 0.6 is 15.9 Å². The summed E-state index contributed by atoms with van der Waals surface area (Å²) >= 11 is 3.25. The first-order valence-corrected chi connectivity index (χ1v) is 5.96. The van der Waals surface area contributed by atoms with Gasteiger partial charge in [0.2, 0.25) is 0 Å². The molecule has 0 aliphatic heterocycles. The van der Waals surface area contributed by atoms with Crippen molar-refractivity contribution < 1.29 is 14.3 Å². The molecule has 4 nitrogen and oxygen atoms in total. The number of halogens is 1. The van der Waals surface area contributed by atoms with Gasteiger partial charge in [-0.1, -0.05) is 15.9 Å². The van der Waals surface area contributed by atoms with Crippen LogP contribution in [0.15, 0.2) is 40.4 Å². The normalized spacial score (nSPS) is 10.6. The molecule has 1 aromatic rings. The molecular weight excluding hydrogens is 298 g/mol. The number of carbonyl (C=O) groups is 2. The Hall–Kier alpha value is -1.93. The van der Waals surface area contributed by atoms with E-state index in [0.717, 1.165) is 10.5 Å². The number of rotatable bonds is 4. The van der Waals surface area contributed by atoms with E-state index in [9.17, 15) is 9.59 Å². The van der Waals surface area contributed by atoms with Crippen LogP contribution in [-0.4, -0.2) is 18.4 Å². The van der Waals surface area contributed by atoms with Crippen LogP contribution in [0.1, 0.15) is 17.3 Å². The number of hydrogen-bond donors (Lipinski definition) is 0. The molecule has 0 aliphatic rings. The number of allylic oxidation sites excluding steroid dienone is 1. The third-order valence-electron chi connectivity index (χ3n) is 2.02. The van der Waals surface area contributed by atoms with Gasteiger partial charge in [-0.2, -0.15) is 5.26 Å². The summed E-state index contributed by atoms with van der Waals surface area (Å²) in [6.07, 6.45) is 0.987. The standard InChI is InChI=1S/C13H10BrNO3/c1-2-18-13(17)10(8-15)7-12(16)9-3-5-11(14)6-4-9/h3-7H,2H2,1H3/b10-7+. The number of nitrogens with zero attached hydrogens (tertiary/aromatic N) is 1. The molecule has 0 unspecified atom stereocenters. The van der Waals surface area contributed by atoms with Crippen molar-refractivity contribution in [1.82, 2.24) is 0 Å². The SMILES string of the molecule is CCOC(=O)/C(C#N)=C/C(=O)c1ccc(Br)cc1. The molecule has 0 bridgehead atoms. The first-order valence-electron chi connectivity index (χ1n) is 5.17. The molecule has 0 aromatic heterocycles. The van der Waals surface area contributed by atoms with Gasteiger partial charge in [-0.25, -0.2) is 4.79 Å². The Morgan fingerprint density at radius 3 is 2.50 bits per heavy atom. The highest BCUT2D eigenvalue weighted by atomic mass is 79.9. The van der Waals surface area contributed by atoms with Crippen molar-refractivity contribution in [3.63, 3.8) is 0 Å². The van der Waals surface area contributed by atoms with E-state index < -0.39 is 11.8 Å². The molecule has 92 valence electrons. The third-order valence-corrected chi connectivity index (χ3v) is 2.55. The number of ether oxygens (including phenoxy) is 1. The second-order valence-electron chi connectivity index (χ2n) is 3.26. The van der Waals surface area contributed by atoms with Crippen molar-refractivity contribution in [2.24, 2.45) is 0 Å². The van der Waals surface area contributed by atoms with E-state index in [2.05, 4.69) is 20.7 Å². The highest BCUT2D eigenvalue weighted by molar-refractivity contribution is 9.10. The molecule has 1 aromatic carbocycles. The largest absolute Gasteiger partial charge is 0.462 e. The predicted octanol–water partition coefficient (Wildman–Crippen LogP) is 2.64. The highest BCUT2D eigenvalue weighted by Crippen LogP contribution is 2.12. The maximum atomic E-state index is 11.8. The van der Waals surface area contributed by atoms with Crippen molar-refractivity contribution in [2.45, 2.75) is 6.92 Å². The molecule has 5 heteroatoms. The number of ketones is 1. The minimum atomic E-state index is -0.787. The van der Waals surface area contributed by atoms with E-state index in [4.69, 9.17) is 5.26 Å². The minimum absolute atomic E-state index is 0.157. The van der Waals surface area contributed by atoms with Crippen molar-refractivity contribution in [1.29, 1.82) is 5.26 Å². The van der Waals surface area contributed by atoms with Crippen LogP contribution in [0.2, 0.25) is 0 Å². The molecule has 0 saturated carbocycles. The summed E-state index contributed by atoms with van der Waals surface area (Å²) in [7, 11) is 0. The fraction of sp³-hybridized carbons (Fsp3) is 0.154. The second kappa shape index (κ2) is 6.72. The fourth-order valence-corrected chi connectivity index (χ4v) is 1.44. The third kappa shape index (κ3) is 3.82. The van der Waals surface area contributed by atoms with Gasteiger partial charge in [-0.3, -0.25) is 4.79 Å². The summed E-state index contributed by atoms with van der Waals surface area (Å²) in [5.74, 6) is -1.20.